The molecule has 408 valence electrons. The van der Waals surface area contributed by atoms with Gasteiger partial charge in [-0.2, -0.15) is 0 Å². The summed E-state index contributed by atoms with van der Waals surface area (Å²) in [6, 6.07) is 0. The van der Waals surface area contributed by atoms with Crippen molar-refractivity contribution in [3.63, 3.8) is 0 Å². The summed E-state index contributed by atoms with van der Waals surface area (Å²) in [6.45, 7) is 30.9. The first kappa shape index (κ1) is 56.9. The molecule has 4 fully saturated rings. The molecule has 0 bridgehead atoms. The number of ketones is 3. The number of rotatable bonds is 16. The lowest BCUT2D eigenvalue weighted by molar-refractivity contribution is -0.160. The molecular weight excluding hydrogens is 977 g/mol. The number of nitrogens with zero attached hydrogens (tertiary/aromatic N) is 2. The minimum atomic E-state index is -1.27. The summed E-state index contributed by atoms with van der Waals surface area (Å²) in [5.74, 6) is -5.41. The maximum absolute atomic E-state index is 14.0. The molecule has 10 atom stereocenters. The third kappa shape index (κ3) is 9.16. The summed E-state index contributed by atoms with van der Waals surface area (Å²) in [6.07, 6.45) is 9.03. The number of ether oxygens (including phenoxy) is 6. The molecule has 8 rings (SSSR count). The highest BCUT2D eigenvalue weighted by atomic mass is 16.6. The smallest absolute Gasteiger partial charge is 0.340 e. The Kier molecular flexibility index (Phi) is 16.2. The summed E-state index contributed by atoms with van der Waals surface area (Å²) in [4.78, 5) is 95.9. The van der Waals surface area contributed by atoms with E-state index >= 15 is 0 Å². The molecule has 2 heterocycles. The third-order valence-corrected chi connectivity index (χ3v) is 17.2. The lowest BCUT2D eigenvalue weighted by Crippen LogP contribution is -2.57. The number of esters is 4. The zero-order chi connectivity index (χ0) is 56.0. The van der Waals surface area contributed by atoms with Gasteiger partial charge in [0.15, 0.2) is 11.5 Å². The van der Waals surface area contributed by atoms with Crippen LogP contribution in [0, 0.1) is 33.5 Å². The van der Waals surface area contributed by atoms with Crippen LogP contribution in [-0.4, -0.2) is 139 Å². The van der Waals surface area contributed by atoms with Crippen molar-refractivity contribution in [3.8, 4) is 0 Å². The first-order chi connectivity index (χ1) is 35.9. The van der Waals surface area contributed by atoms with E-state index in [1.165, 1.54) is 34.3 Å². The minimum absolute atomic E-state index is 0.00740. The fourth-order valence-corrected chi connectivity index (χ4v) is 13.7. The second-order valence-corrected chi connectivity index (χ2v) is 21.7. The predicted molar refractivity (Wildman–Crippen MR) is 279 cm³/mol. The van der Waals surface area contributed by atoms with Crippen LogP contribution in [0.2, 0.25) is 0 Å². The number of aliphatic hydroxyl groups excluding tert-OH is 2. The van der Waals surface area contributed by atoms with E-state index < -0.39 is 99.0 Å². The Labute approximate surface area is 444 Å². The molecule has 6 aliphatic carbocycles. The zero-order valence-corrected chi connectivity index (χ0v) is 45.0. The van der Waals surface area contributed by atoms with Crippen molar-refractivity contribution in [3.05, 3.63) is 131 Å². The summed E-state index contributed by atoms with van der Waals surface area (Å²) < 4.78 is 34.4. The normalized spacial score (nSPS) is 33.4. The second-order valence-electron chi connectivity index (χ2n) is 21.7. The van der Waals surface area contributed by atoms with Crippen LogP contribution in [-0.2, 0) is 62.0 Å². The van der Waals surface area contributed by atoms with Crippen LogP contribution in [0.3, 0.4) is 0 Å². The zero-order valence-electron chi connectivity index (χ0n) is 45.0. The van der Waals surface area contributed by atoms with Crippen LogP contribution in [0.1, 0.15) is 80.1 Å². The summed E-state index contributed by atoms with van der Waals surface area (Å²) in [7, 11) is 2.95. The molecule has 6 unspecified atom stereocenters. The number of hydrogen-bond acceptors (Lipinski definition) is 17. The van der Waals surface area contributed by atoms with Crippen molar-refractivity contribution in [1.82, 2.24) is 9.80 Å². The Balaban J connectivity index is 0.000000221. The summed E-state index contributed by atoms with van der Waals surface area (Å²) in [5, 5.41) is 23.1. The Morgan fingerprint density at radius 1 is 0.632 bits per heavy atom. The van der Waals surface area contributed by atoms with Crippen molar-refractivity contribution < 1.29 is 72.2 Å². The number of cyclic esters (lactones) is 2. The highest BCUT2D eigenvalue weighted by Gasteiger charge is 2.66. The molecule has 76 heavy (non-hydrogen) atoms. The van der Waals surface area contributed by atoms with Gasteiger partial charge in [0.1, 0.15) is 30.2 Å². The van der Waals surface area contributed by atoms with E-state index in [0.717, 1.165) is 12.0 Å². The first-order valence-electron chi connectivity index (χ1n) is 25.7. The fourth-order valence-electron chi connectivity index (χ4n) is 13.7. The van der Waals surface area contributed by atoms with Gasteiger partial charge in [0.05, 0.1) is 35.2 Å². The fraction of sp³-hybridized carbons (Fsp3) is 0.508. The molecule has 17 nitrogen and oxygen atoms in total. The van der Waals surface area contributed by atoms with Gasteiger partial charge >= 0.3 is 23.9 Å². The van der Waals surface area contributed by atoms with E-state index in [4.69, 9.17) is 28.4 Å². The molecule has 2 N–H and O–H groups in total. The van der Waals surface area contributed by atoms with E-state index in [1.807, 2.05) is 13.8 Å². The molecule has 0 aromatic carbocycles. The van der Waals surface area contributed by atoms with Crippen molar-refractivity contribution >= 4 is 41.2 Å². The van der Waals surface area contributed by atoms with Crippen molar-refractivity contribution in [2.45, 2.75) is 104 Å². The molecule has 17 heteroatoms. The van der Waals surface area contributed by atoms with Crippen molar-refractivity contribution in [2.75, 3.05) is 53.6 Å². The minimum Gasteiger partial charge on any atom is -0.504 e. The van der Waals surface area contributed by atoms with Crippen molar-refractivity contribution in [1.29, 1.82) is 0 Å². The van der Waals surface area contributed by atoms with Crippen LogP contribution in [0.15, 0.2) is 131 Å². The first-order valence-corrected chi connectivity index (χ1v) is 25.7. The van der Waals surface area contributed by atoms with Crippen LogP contribution in [0.4, 0.5) is 0 Å². The lowest BCUT2D eigenvalue weighted by atomic mass is 9.53. The van der Waals surface area contributed by atoms with Gasteiger partial charge in [-0.05, 0) is 62.0 Å². The SMILES string of the molecule is C=CCN(/C=C1/C(=O)OC(COC)[C@@]2(C)C1=C(O)C(=O)C1=C2C(OC(C)=O)C[C@]2(C)C(=C)CCC12)CC=C.C=CCN(/C=C1\C(=O)OC(COC)[C@@]2(C)C1=C(O)C(=O)C1=C2C(OC(C)=O)C[C@]2(C)C(=O)CCC12)CC=C. The molecule has 2 saturated heterocycles. The third-order valence-electron chi connectivity index (χ3n) is 17.2. The second kappa shape index (κ2) is 21.6. The van der Waals surface area contributed by atoms with Crippen LogP contribution < -0.4 is 0 Å². The molecular formula is C59H72N2O15. The van der Waals surface area contributed by atoms with Crippen LogP contribution in [0.5, 0.6) is 0 Å². The maximum Gasteiger partial charge on any atom is 0.340 e. The van der Waals surface area contributed by atoms with Crippen molar-refractivity contribution in [2.24, 2.45) is 33.5 Å². The average molecular weight is 1050 g/mol. The molecule has 8 aliphatic rings. The Morgan fingerprint density at radius 3 is 1.37 bits per heavy atom. The Hall–Kier alpha value is -6.85. The monoisotopic (exact) mass is 1050 g/mol. The summed E-state index contributed by atoms with van der Waals surface area (Å²) in [5.41, 5.74) is -0.805. The largest absolute Gasteiger partial charge is 0.504 e. The highest BCUT2D eigenvalue weighted by Crippen LogP contribution is 2.65. The van der Waals surface area contributed by atoms with Crippen LogP contribution in [0.25, 0.3) is 0 Å². The molecule has 2 saturated carbocycles. The van der Waals surface area contributed by atoms with Gasteiger partial charge in [-0.3, -0.25) is 24.0 Å². The number of carbonyl (C=O) groups excluding carboxylic acids is 7. The number of carbonyl (C=O) groups is 7. The highest BCUT2D eigenvalue weighted by molar-refractivity contribution is 6.14. The maximum atomic E-state index is 14.0. The standard InChI is InChI=1S/C30H37NO7.C29H35NO8/c1-8-12-31(13-9-2)15-19-24-27(34)26(33)23-20-11-10-17(3)29(20,5)14-21(37-18(4)32)25(23)30(24,6)22(16-36-7)38-28(19)35;1-7-11-30(12-8-2)14-17-23-26(34)25(33)22-18-9-10-20(32)28(18,4)13-19(37-16(3)31)24(22)29(23,5)21(15-36-6)38-27(17)35/h8-9,15,20-22,34H,1-3,10-14,16H2,4-7H3;7-8,14,18-19,21,34H,1-2,9-13,15H2,3-6H3/b19-15+;17-14-/t20?,21?,22?,29-,30+;18?,19?,21?,28-,29-/m10/s1. The van der Waals surface area contributed by atoms with E-state index in [0.29, 0.717) is 62.2 Å². The molecule has 0 radical (unpaired) electrons. The Bertz CT molecular complexity index is 2580. The number of aliphatic hydroxyl groups is 2. The van der Waals surface area contributed by atoms with Gasteiger partial charge < -0.3 is 48.4 Å². The van der Waals surface area contributed by atoms with E-state index in [2.05, 4.69) is 32.9 Å². The number of hydrogen-bond donors (Lipinski definition) is 2. The number of Topliss-reactive ketones (excluding diaryl/α,β-unsaturated/α-hetero) is 3. The van der Waals surface area contributed by atoms with Gasteiger partial charge in [-0.1, -0.05) is 50.3 Å². The number of methoxy groups -OCH3 is 2. The van der Waals surface area contributed by atoms with E-state index in [1.54, 1.807) is 54.2 Å². The van der Waals surface area contributed by atoms with E-state index in [-0.39, 0.29) is 65.6 Å². The number of allylic oxidation sites excluding steroid dienone is 3. The average Bonchev–Trinajstić information content (AvgIpc) is 3.89. The molecule has 0 aromatic heterocycles. The number of fused-ring (bicyclic) bond motifs is 8. The lowest BCUT2D eigenvalue weighted by Gasteiger charge is -2.53. The van der Waals surface area contributed by atoms with Gasteiger partial charge in [-0.25, -0.2) is 9.59 Å². The predicted octanol–water partition coefficient (Wildman–Crippen LogP) is 7.26. The molecule has 0 aromatic rings. The quantitative estimate of drug-likeness (QED) is 0.0672. The van der Waals surface area contributed by atoms with Gasteiger partial charge in [0, 0.05) is 113 Å². The molecule has 0 amide bonds. The summed E-state index contributed by atoms with van der Waals surface area (Å²) >= 11 is 0. The topological polar surface area (TPSA) is 222 Å². The molecule has 0 spiro atoms. The van der Waals surface area contributed by atoms with Gasteiger partial charge in [-0.15, -0.1) is 26.3 Å². The van der Waals surface area contributed by atoms with Crippen LogP contribution >= 0.6 is 0 Å². The van der Waals surface area contributed by atoms with E-state index in [9.17, 15) is 43.8 Å². The molecule has 2 aliphatic heterocycles. The van der Waals surface area contributed by atoms with Gasteiger partial charge in [0.2, 0.25) is 11.6 Å². The Morgan fingerprint density at radius 2 is 1.00 bits per heavy atom. The van der Waals surface area contributed by atoms with Gasteiger partial charge in [0.25, 0.3) is 0 Å².